The fourth-order valence-electron chi connectivity index (χ4n) is 2.49. The van der Waals surface area contributed by atoms with E-state index in [9.17, 15) is 4.79 Å². The van der Waals surface area contributed by atoms with Crippen LogP contribution in [0, 0.1) is 6.92 Å². The van der Waals surface area contributed by atoms with Crippen molar-refractivity contribution >= 4 is 16.9 Å². The summed E-state index contributed by atoms with van der Waals surface area (Å²) in [6.45, 7) is 4.90. The summed E-state index contributed by atoms with van der Waals surface area (Å²) in [5.41, 5.74) is 2.21. The molecular formula is C17H19N3O2. The van der Waals surface area contributed by atoms with E-state index in [1.165, 1.54) is 0 Å². The van der Waals surface area contributed by atoms with E-state index in [1.807, 2.05) is 37.4 Å². The molecule has 0 saturated carbocycles. The van der Waals surface area contributed by atoms with Crippen molar-refractivity contribution in [2.45, 2.75) is 33.2 Å². The molecule has 1 N–H and O–H groups in total. The lowest BCUT2D eigenvalue weighted by molar-refractivity contribution is 0.0730. The molecule has 0 fully saturated rings. The van der Waals surface area contributed by atoms with Gasteiger partial charge in [0.1, 0.15) is 5.69 Å². The number of carbonyl (C=O) groups is 1. The van der Waals surface area contributed by atoms with Crippen molar-refractivity contribution in [3.63, 3.8) is 0 Å². The summed E-state index contributed by atoms with van der Waals surface area (Å²) in [6, 6.07) is 9.64. The van der Waals surface area contributed by atoms with Gasteiger partial charge in [0.2, 0.25) is 0 Å². The third-order valence-corrected chi connectivity index (χ3v) is 3.63. The van der Waals surface area contributed by atoms with Crippen LogP contribution >= 0.6 is 0 Å². The number of nitrogens with one attached hydrogen (secondary N) is 1. The first kappa shape index (κ1) is 14.4. The molecule has 22 heavy (non-hydrogen) atoms. The second-order valence-corrected chi connectivity index (χ2v) is 5.37. The number of benzene rings is 1. The summed E-state index contributed by atoms with van der Waals surface area (Å²) in [5.74, 6) is 0.169. The van der Waals surface area contributed by atoms with Crippen LogP contribution in [0.25, 0.3) is 10.9 Å². The van der Waals surface area contributed by atoms with Gasteiger partial charge in [-0.15, -0.1) is 0 Å². The van der Waals surface area contributed by atoms with Gasteiger partial charge in [-0.05, 0) is 31.5 Å². The Balaban J connectivity index is 1.91. The first-order valence-corrected chi connectivity index (χ1v) is 7.51. The molecule has 0 atom stereocenters. The number of aromatic nitrogens is 3. The van der Waals surface area contributed by atoms with Crippen molar-refractivity contribution in [1.82, 2.24) is 14.8 Å². The quantitative estimate of drug-likeness (QED) is 0.731. The van der Waals surface area contributed by atoms with Crippen molar-refractivity contribution in [3.05, 3.63) is 47.9 Å². The zero-order chi connectivity index (χ0) is 15.5. The molecule has 5 heteroatoms. The molecule has 0 unspecified atom stereocenters. The third-order valence-electron chi connectivity index (χ3n) is 3.63. The van der Waals surface area contributed by atoms with E-state index in [1.54, 1.807) is 6.07 Å². The fraction of sp³-hybridized carbons (Fsp3) is 0.294. The normalized spacial score (nSPS) is 11.0. The molecule has 0 radical (unpaired) electrons. The van der Waals surface area contributed by atoms with Gasteiger partial charge < -0.3 is 9.30 Å². The minimum atomic E-state index is -0.418. The summed E-state index contributed by atoms with van der Waals surface area (Å²) in [4.78, 5) is 12.2. The smallest absolute Gasteiger partial charge is 0.361 e. The Morgan fingerprint density at radius 2 is 2.18 bits per heavy atom. The lowest BCUT2D eigenvalue weighted by Gasteiger charge is -2.02. The number of nitrogens with zero attached hydrogens (tertiary/aromatic N) is 2. The Kier molecular flexibility index (Phi) is 3.96. The van der Waals surface area contributed by atoms with Crippen molar-refractivity contribution < 1.29 is 9.53 Å². The van der Waals surface area contributed by atoms with Crippen LogP contribution in [0.5, 0.6) is 5.75 Å². The van der Waals surface area contributed by atoms with Gasteiger partial charge >= 0.3 is 5.97 Å². The molecule has 0 aliphatic rings. The maximum atomic E-state index is 12.2. The maximum absolute atomic E-state index is 12.2. The van der Waals surface area contributed by atoms with Crippen LogP contribution in [-0.2, 0) is 6.54 Å². The number of carbonyl (C=O) groups excluding carboxylic acids is 1. The van der Waals surface area contributed by atoms with Gasteiger partial charge in [-0.25, -0.2) is 4.79 Å². The molecule has 2 aromatic heterocycles. The molecule has 114 valence electrons. The van der Waals surface area contributed by atoms with Crippen LogP contribution in [0.4, 0.5) is 0 Å². The van der Waals surface area contributed by atoms with E-state index < -0.39 is 5.97 Å². The second kappa shape index (κ2) is 6.05. The molecule has 0 amide bonds. The van der Waals surface area contributed by atoms with E-state index in [0.717, 1.165) is 36.0 Å². The standard InChI is InChI=1S/C17H19N3O2/c1-3-4-9-20-11-16(13-7-5-6-8-15(13)20)22-17(21)14-10-12(2)18-19-14/h5-8,10-11H,3-4,9H2,1-2H3,(H,18,19). The van der Waals surface area contributed by atoms with E-state index in [4.69, 9.17) is 4.74 Å². The molecule has 0 saturated heterocycles. The number of esters is 1. The Hall–Kier alpha value is -2.56. The highest BCUT2D eigenvalue weighted by atomic mass is 16.5. The molecule has 5 nitrogen and oxygen atoms in total. The van der Waals surface area contributed by atoms with Crippen molar-refractivity contribution in [3.8, 4) is 5.75 Å². The SMILES string of the molecule is CCCCn1cc(OC(=O)c2cc(C)n[nH]2)c2ccccc21. The molecule has 2 heterocycles. The number of aryl methyl sites for hydroxylation is 2. The molecule has 3 rings (SSSR count). The van der Waals surface area contributed by atoms with E-state index in [2.05, 4.69) is 21.7 Å². The van der Waals surface area contributed by atoms with Crippen LogP contribution in [0.15, 0.2) is 36.5 Å². The lowest BCUT2D eigenvalue weighted by Crippen LogP contribution is -2.08. The van der Waals surface area contributed by atoms with Gasteiger partial charge in [-0.3, -0.25) is 5.10 Å². The highest BCUT2D eigenvalue weighted by molar-refractivity contribution is 5.94. The maximum Gasteiger partial charge on any atom is 0.361 e. The highest BCUT2D eigenvalue weighted by Gasteiger charge is 2.15. The number of rotatable bonds is 5. The topological polar surface area (TPSA) is 59.9 Å². The number of hydrogen-bond acceptors (Lipinski definition) is 3. The molecular weight excluding hydrogens is 278 g/mol. The summed E-state index contributed by atoms with van der Waals surface area (Å²) in [6.07, 6.45) is 4.11. The largest absolute Gasteiger partial charge is 0.420 e. The Morgan fingerprint density at radius 1 is 1.36 bits per heavy atom. The zero-order valence-electron chi connectivity index (χ0n) is 12.8. The second-order valence-electron chi connectivity index (χ2n) is 5.37. The van der Waals surface area contributed by atoms with Gasteiger partial charge in [-0.2, -0.15) is 5.10 Å². The average Bonchev–Trinajstić information content (AvgIpc) is 3.10. The highest BCUT2D eigenvalue weighted by Crippen LogP contribution is 2.29. The van der Waals surface area contributed by atoms with Crippen LogP contribution < -0.4 is 4.74 Å². The number of unbranched alkanes of at least 4 members (excludes halogenated alkanes) is 1. The Morgan fingerprint density at radius 3 is 2.91 bits per heavy atom. The van der Waals surface area contributed by atoms with Gasteiger partial charge in [0.15, 0.2) is 5.75 Å². The van der Waals surface area contributed by atoms with Crippen molar-refractivity contribution in [2.75, 3.05) is 0 Å². The van der Waals surface area contributed by atoms with Gasteiger partial charge in [0.25, 0.3) is 0 Å². The first-order valence-electron chi connectivity index (χ1n) is 7.51. The molecule has 3 aromatic rings. The lowest BCUT2D eigenvalue weighted by atomic mass is 10.2. The Labute approximate surface area is 128 Å². The fourth-order valence-corrected chi connectivity index (χ4v) is 2.49. The molecule has 1 aromatic carbocycles. The van der Waals surface area contributed by atoms with E-state index in [-0.39, 0.29) is 0 Å². The number of aromatic amines is 1. The van der Waals surface area contributed by atoms with Crippen LogP contribution in [0.3, 0.4) is 0 Å². The summed E-state index contributed by atoms with van der Waals surface area (Å²) < 4.78 is 7.70. The number of fused-ring (bicyclic) bond motifs is 1. The minimum Gasteiger partial charge on any atom is -0.420 e. The molecule has 0 bridgehead atoms. The predicted octanol–water partition coefficient (Wildman–Crippen LogP) is 3.69. The van der Waals surface area contributed by atoms with Crippen LogP contribution in [-0.4, -0.2) is 20.7 Å². The Bertz CT molecular complexity index is 801. The number of para-hydroxylation sites is 1. The van der Waals surface area contributed by atoms with Crippen LogP contribution in [0.1, 0.15) is 35.9 Å². The van der Waals surface area contributed by atoms with Crippen molar-refractivity contribution in [2.24, 2.45) is 0 Å². The van der Waals surface area contributed by atoms with Gasteiger partial charge in [0.05, 0.1) is 11.2 Å². The molecule has 0 aliphatic carbocycles. The molecule has 0 aliphatic heterocycles. The summed E-state index contributed by atoms with van der Waals surface area (Å²) in [7, 11) is 0. The van der Waals surface area contributed by atoms with Crippen molar-refractivity contribution in [1.29, 1.82) is 0 Å². The predicted molar refractivity (Wildman–Crippen MR) is 85.1 cm³/mol. The zero-order valence-corrected chi connectivity index (χ0v) is 12.8. The summed E-state index contributed by atoms with van der Waals surface area (Å²) >= 11 is 0. The van der Waals surface area contributed by atoms with E-state index >= 15 is 0 Å². The van der Waals surface area contributed by atoms with Crippen LogP contribution in [0.2, 0.25) is 0 Å². The first-order chi connectivity index (χ1) is 10.7. The molecule has 0 spiro atoms. The minimum absolute atomic E-state index is 0.364. The number of ether oxygens (including phenoxy) is 1. The number of hydrogen-bond donors (Lipinski definition) is 1. The van der Waals surface area contributed by atoms with E-state index in [0.29, 0.717) is 11.4 Å². The van der Waals surface area contributed by atoms with Gasteiger partial charge in [0, 0.05) is 18.1 Å². The number of H-pyrrole nitrogens is 1. The monoisotopic (exact) mass is 297 g/mol. The average molecular weight is 297 g/mol. The third kappa shape index (κ3) is 2.74. The summed E-state index contributed by atoms with van der Waals surface area (Å²) in [5, 5.41) is 7.59. The van der Waals surface area contributed by atoms with Gasteiger partial charge in [-0.1, -0.05) is 25.5 Å².